The molecule has 116 valence electrons. The highest BCUT2D eigenvalue weighted by atomic mass is 32.1. The summed E-state index contributed by atoms with van der Waals surface area (Å²) in [6, 6.07) is 1.07. The van der Waals surface area contributed by atoms with Crippen molar-refractivity contribution >= 4 is 22.1 Å². The van der Waals surface area contributed by atoms with Gasteiger partial charge in [0.05, 0.1) is 5.69 Å². The average molecular weight is 306 g/mol. The lowest BCUT2D eigenvalue weighted by Crippen LogP contribution is -2.42. The molecule has 2 atom stereocenters. The van der Waals surface area contributed by atoms with Gasteiger partial charge >= 0.3 is 0 Å². The minimum Gasteiger partial charge on any atom is -0.352 e. The highest BCUT2D eigenvalue weighted by Gasteiger charge is 2.27. The summed E-state index contributed by atoms with van der Waals surface area (Å²) < 4.78 is 2.25. The highest BCUT2D eigenvalue weighted by molar-refractivity contribution is 7.15. The van der Waals surface area contributed by atoms with Crippen LogP contribution in [0, 0.1) is 5.92 Å². The van der Waals surface area contributed by atoms with Gasteiger partial charge in [-0.15, -0.1) is 11.3 Å². The molecule has 1 fully saturated rings. The fourth-order valence-electron chi connectivity index (χ4n) is 3.10. The first-order valence-electron chi connectivity index (χ1n) is 8.00. The third kappa shape index (κ3) is 2.94. The molecule has 0 spiro atoms. The van der Waals surface area contributed by atoms with E-state index in [0.29, 0.717) is 12.1 Å². The van der Waals surface area contributed by atoms with Gasteiger partial charge in [-0.2, -0.15) is 0 Å². The summed E-state index contributed by atoms with van der Waals surface area (Å²) in [5.74, 6) is 1.95. The average Bonchev–Trinajstić information content (AvgIpc) is 3.00. The summed E-state index contributed by atoms with van der Waals surface area (Å²) in [5.41, 5.74) is 1.31. The van der Waals surface area contributed by atoms with Crippen molar-refractivity contribution < 1.29 is 0 Å². The van der Waals surface area contributed by atoms with Crippen LogP contribution in [0.2, 0.25) is 0 Å². The largest absolute Gasteiger partial charge is 0.352 e. The molecule has 0 bridgehead atoms. The number of piperidine rings is 1. The van der Waals surface area contributed by atoms with Crippen LogP contribution in [0.25, 0.3) is 4.96 Å². The van der Waals surface area contributed by atoms with Gasteiger partial charge in [0.1, 0.15) is 0 Å². The molecular weight excluding hydrogens is 280 g/mol. The third-order valence-corrected chi connectivity index (χ3v) is 5.16. The van der Waals surface area contributed by atoms with Crippen LogP contribution in [-0.2, 0) is 6.54 Å². The summed E-state index contributed by atoms with van der Waals surface area (Å²) in [5, 5.41) is 5.67. The van der Waals surface area contributed by atoms with Crippen LogP contribution in [-0.4, -0.2) is 28.0 Å². The van der Waals surface area contributed by atoms with Gasteiger partial charge in [0, 0.05) is 36.8 Å². The molecule has 5 heteroatoms. The predicted molar refractivity (Wildman–Crippen MR) is 90.3 cm³/mol. The first-order chi connectivity index (χ1) is 10.1. The number of hydrogen-bond donors (Lipinski definition) is 1. The van der Waals surface area contributed by atoms with Crippen molar-refractivity contribution in [2.24, 2.45) is 5.92 Å². The van der Waals surface area contributed by atoms with Gasteiger partial charge in [-0.25, -0.2) is 4.98 Å². The Kier molecular flexibility index (Phi) is 4.22. The van der Waals surface area contributed by atoms with E-state index in [2.05, 4.69) is 53.9 Å². The second-order valence-electron chi connectivity index (χ2n) is 6.66. The zero-order valence-electron chi connectivity index (χ0n) is 13.5. The first-order valence-corrected chi connectivity index (χ1v) is 8.88. The third-order valence-electron chi connectivity index (χ3n) is 4.41. The van der Waals surface area contributed by atoms with Crippen LogP contribution in [0.5, 0.6) is 0 Å². The number of hydrogen-bond acceptors (Lipinski definition) is 4. The van der Waals surface area contributed by atoms with Gasteiger partial charge in [0.2, 0.25) is 0 Å². The molecule has 1 aliphatic heterocycles. The van der Waals surface area contributed by atoms with E-state index in [4.69, 9.17) is 4.98 Å². The molecule has 1 N–H and O–H groups in total. The molecular formula is C16H26N4S. The summed E-state index contributed by atoms with van der Waals surface area (Å²) in [7, 11) is 0. The van der Waals surface area contributed by atoms with E-state index in [-0.39, 0.29) is 0 Å². The molecule has 0 saturated carbocycles. The monoisotopic (exact) mass is 306 g/mol. The van der Waals surface area contributed by atoms with E-state index >= 15 is 0 Å². The van der Waals surface area contributed by atoms with E-state index in [1.165, 1.54) is 24.4 Å². The van der Waals surface area contributed by atoms with Crippen molar-refractivity contribution in [2.45, 2.75) is 59.2 Å². The Hall–Kier alpha value is -1.07. The Morgan fingerprint density at radius 2 is 2.19 bits per heavy atom. The molecule has 2 unspecified atom stereocenters. The van der Waals surface area contributed by atoms with Crippen LogP contribution in [0.1, 0.15) is 46.2 Å². The van der Waals surface area contributed by atoms with E-state index in [1.54, 1.807) is 11.3 Å². The SMILES string of the molecule is CC1CCC(C)N(c2nc3sccn3c2CNC(C)C)C1. The van der Waals surface area contributed by atoms with Gasteiger partial charge in [0.15, 0.2) is 10.8 Å². The van der Waals surface area contributed by atoms with Crippen LogP contribution in [0.4, 0.5) is 5.82 Å². The predicted octanol–water partition coefficient (Wildman–Crippen LogP) is 3.52. The highest BCUT2D eigenvalue weighted by Crippen LogP contribution is 2.31. The second kappa shape index (κ2) is 5.97. The first kappa shape index (κ1) is 14.9. The number of aromatic nitrogens is 2. The maximum absolute atomic E-state index is 4.93. The summed E-state index contributed by atoms with van der Waals surface area (Å²) >= 11 is 1.72. The Bertz CT molecular complexity index is 600. The van der Waals surface area contributed by atoms with E-state index < -0.39 is 0 Å². The number of nitrogens with zero attached hydrogens (tertiary/aromatic N) is 3. The van der Waals surface area contributed by atoms with Crippen molar-refractivity contribution in [3.8, 4) is 0 Å². The number of anilines is 1. The molecule has 3 heterocycles. The summed E-state index contributed by atoms with van der Waals surface area (Å²) in [6.45, 7) is 11.1. The van der Waals surface area contributed by atoms with Crippen molar-refractivity contribution in [1.29, 1.82) is 0 Å². The normalized spacial score (nSPS) is 23.4. The minimum atomic E-state index is 0.486. The maximum Gasteiger partial charge on any atom is 0.195 e. The smallest absolute Gasteiger partial charge is 0.195 e. The lowest BCUT2D eigenvalue weighted by molar-refractivity contribution is 0.387. The van der Waals surface area contributed by atoms with Gasteiger partial charge in [-0.1, -0.05) is 20.8 Å². The quantitative estimate of drug-likeness (QED) is 0.938. The number of nitrogens with one attached hydrogen (secondary N) is 1. The molecule has 1 saturated heterocycles. The Labute approximate surface area is 131 Å². The van der Waals surface area contributed by atoms with Crippen molar-refractivity contribution in [2.75, 3.05) is 11.4 Å². The van der Waals surface area contributed by atoms with Crippen molar-refractivity contribution in [3.05, 3.63) is 17.3 Å². The molecule has 0 amide bonds. The van der Waals surface area contributed by atoms with Gasteiger partial charge in [-0.05, 0) is 25.7 Å². The molecule has 21 heavy (non-hydrogen) atoms. The standard InChI is InChI=1S/C16H26N4S/c1-11(2)17-9-14-15(18-16-19(14)7-8-21-16)20-10-12(3)5-6-13(20)4/h7-8,11-13,17H,5-6,9-10H2,1-4H3. The Balaban J connectivity index is 1.96. The lowest BCUT2D eigenvalue weighted by Gasteiger charge is -2.37. The topological polar surface area (TPSA) is 32.6 Å². The molecule has 2 aromatic heterocycles. The molecule has 3 rings (SSSR count). The van der Waals surface area contributed by atoms with Crippen molar-refractivity contribution in [1.82, 2.24) is 14.7 Å². The number of rotatable bonds is 4. The van der Waals surface area contributed by atoms with Crippen LogP contribution < -0.4 is 10.2 Å². The summed E-state index contributed by atoms with van der Waals surface area (Å²) in [4.78, 5) is 8.55. The molecule has 0 aromatic carbocycles. The van der Waals surface area contributed by atoms with Gasteiger partial charge in [-0.3, -0.25) is 4.40 Å². The zero-order valence-corrected chi connectivity index (χ0v) is 14.3. The number of thiazole rings is 1. The maximum atomic E-state index is 4.93. The Morgan fingerprint density at radius 1 is 1.38 bits per heavy atom. The molecule has 2 aromatic rings. The Morgan fingerprint density at radius 3 is 2.95 bits per heavy atom. The lowest BCUT2D eigenvalue weighted by atomic mass is 9.95. The number of fused-ring (bicyclic) bond motifs is 1. The molecule has 0 radical (unpaired) electrons. The zero-order chi connectivity index (χ0) is 15.0. The fourth-order valence-corrected chi connectivity index (χ4v) is 3.83. The van der Waals surface area contributed by atoms with Gasteiger partial charge < -0.3 is 10.2 Å². The van der Waals surface area contributed by atoms with Crippen LogP contribution in [0.3, 0.4) is 0 Å². The van der Waals surface area contributed by atoms with E-state index in [0.717, 1.165) is 24.0 Å². The molecule has 1 aliphatic rings. The molecule has 4 nitrogen and oxygen atoms in total. The minimum absolute atomic E-state index is 0.486. The fraction of sp³-hybridized carbons (Fsp3) is 0.688. The molecule has 0 aliphatic carbocycles. The van der Waals surface area contributed by atoms with E-state index in [1.807, 2.05) is 0 Å². The summed E-state index contributed by atoms with van der Waals surface area (Å²) in [6.07, 6.45) is 4.74. The van der Waals surface area contributed by atoms with E-state index in [9.17, 15) is 0 Å². The second-order valence-corrected chi connectivity index (χ2v) is 7.53. The number of imidazole rings is 1. The van der Waals surface area contributed by atoms with Crippen molar-refractivity contribution in [3.63, 3.8) is 0 Å². The van der Waals surface area contributed by atoms with Crippen LogP contribution >= 0.6 is 11.3 Å². The van der Waals surface area contributed by atoms with Crippen LogP contribution in [0.15, 0.2) is 11.6 Å². The van der Waals surface area contributed by atoms with Gasteiger partial charge in [0.25, 0.3) is 0 Å².